The second-order valence-electron chi connectivity index (χ2n) is 3.57. The summed E-state index contributed by atoms with van der Waals surface area (Å²) in [4.78, 5) is 10.9. The number of hydrogen-bond acceptors (Lipinski definition) is 2. The molecule has 8 heteroatoms. The van der Waals surface area contributed by atoms with Gasteiger partial charge in [0.2, 0.25) is 0 Å². The third-order valence-corrected chi connectivity index (χ3v) is 2.27. The molecular weight excluding hydrogens is 273 g/mol. The van der Waals surface area contributed by atoms with Crippen molar-refractivity contribution in [1.82, 2.24) is 5.32 Å². The van der Waals surface area contributed by atoms with Gasteiger partial charge in [0, 0.05) is 12.1 Å². The molecule has 0 saturated heterocycles. The standard InChI is InChI=1S/C11H10F5NO2/c1-19-8-5-3-2-4-7(8)6-17-9(18)10(12,13)11(14,15)16/h2-5H,6H2,1H3,(H,17,18). The molecule has 1 rings (SSSR count). The lowest BCUT2D eigenvalue weighted by Gasteiger charge is -2.19. The van der Waals surface area contributed by atoms with E-state index in [9.17, 15) is 26.7 Å². The molecule has 19 heavy (non-hydrogen) atoms. The van der Waals surface area contributed by atoms with Crippen LogP contribution in [-0.4, -0.2) is 25.1 Å². The fourth-order valence-corrected chi connectivity index (χ4v) is 1.26. The van der Waals surface area contributed by atoms with Crippen molar-refractivity contribution in [3.63, 3.8) is 0 Å². The zero-order valence-electron chi connectivity index (χ0n) is 9.72. The molecule has 0 aliphatic rings. The van der Waals surface area contributed by atoms with Crippen molar-refractivity contribution in [2.24, 2.45) is 0 Å². The Labute approximate surface area is 105 Å². The number of amides is 1. The Kier molecular flexibility index (Phi) is 4.33. The normalized spacial score (nSPS) is 12.1. The van der Waals surface area contributed by atoms with Crippen molar-refractivity contribution in [2.45, 2.75) is 18.6 Å². The van der Waals surface area contributed by atoms with Crippen LogP contribution in [0.5, 0.6) is 5.75 Å². The summed E-state index contributed by atoms with van der Waals surface area (Å²) in [5.74, 6) is -7.54. The summed E-state index contributed by atoms with van der Waals surface area (Å²) in [6.45, 7) is -0.492. The SMILES string of the molecule is COc1ccccc1CNC(=O)C(F)(F)C(F)(F)F. The number of halogens is 5. The summed E-state index contributed by atoms with van der Waals surface area (Å²) in [5, 5.41) is 1.53. The van der Waals surface area contributed by atoms with Crippen LogP contribution in [0, 0.1) is 0 Å². The summed E-state index contributed by atoms with van der Waals surface area (Å²) in [6.07, 6.45) is -5.92. The van der Waals surface area contributed by atoms with Gasteiger partial charge in [-0.2, -0.15) is 22.0 Å². The van der Waals surface area contributed by atoms with Crippen LogP contribution in [0.4, 0.5) is 22.0 Å². The number of benzene rings is 1. The highest BCUT2D eigenvalue weighted by molar-refractivity contribution is 5.84. The van der Waals surface area contributed by atoms with Gasteiger partial charge in [-0.05, 0) is 6.07 Å². The molecule has 0 saturated carbocycles. The van der Waals surface area contributed by atoms with E-state index in [0.717, 1.165) is 0 Å². The average molecular weight is 283 g/mol. The minimum Gasteiger partial charge on any atom is -0.496 e. The van der Waals surface area contributed by atoms with E-state index < -0.39 is 24.6 Å². The maximum Gasteiger partial charge on any atom is 0.463 e. The van der Waals surface area contributed by atoms with Crippen LogP contribution in [0.3, 0.4) is 0 Å². The average Bonchev–Trinajstić information content (AvgIpc) is 2.34. The Morgan fingerprint density at radius 3 is 2.32 bits per heavy atom. The van der Waals surface area contributed by atoms with Crippen molar-refractivity contribution in [3.05, 3.63) is 29.8 Å². The van der Waals surface area contributed by atoms with Crippen LogP contribution in [-0.2, 0) is 11.3 Å². The first-order valence-electron chi connectivity index (χ1n) is 5.05. The van der Waals surface area contributed by atoms with Crippen LogP contribution in [0.25, 0.3) is 0 Å². The molecule has 0 fully saturated rings. The van der Waals surface area contributed by atoms with Gasteiger partial charge in [-0.25, -0.2) is 0 Å². The molecule has 0 bridgehead atoms. The number of alkyl halides is 5. The first-order valence-corrected chi connectivity index (χ1v) is 5.05. The first kappa shape index (κ1) is 15.2. The highest BCUT2D eigenvalue weighted by Gasteiger charge is 2.63. The number of ether oxygens (including phenoxy) is 1. The highest BCUT2D eigenvalue weighted by Crippen LogP contribution is 2.35. The predicted molar refractivity (Wildman–Crippen MR) is 55.8 cm³/mol. The van der Waals surface area contributed by atoms with Gasteiger partial charge in [0.25, 0.3) is 0 Å². The summed E-state index contributed by atoms with van der Waals surface area (Å²) in [7, 11) is 1.31. The summed E-state index contributed by atoms with van der Waals surface area (Å²) < 4.78 is 65.9. The molecule has 0 spiro atoms. The predicted octanol–water partition coefficient (Wildman–Crippen LogP) is 2.51. The lowest BCUT2D eigenvalue weighted by Crippen LogP contribution is -2.50. The first-order chi connectivity index (χ1) is 8.70. The van der Waals surface area contributed by atoms with Gasteiger partial charge in [-0.1, -0.05) is 18.2 Å². The van der Waals surface area contributed by atoms with Crippen molar-refractivity contribution in [2.75, 3.05) is 7.11 Å². The van der Waals surface area contributed by atoms with E-state index in [4.69, 9.17) is 4.74 Å². The molecule has 0 aliphatic heterocycles. The maximum atomic E-state index is 12.6. The van der Waals surface area contributed by atoms with Crippen LogP contribution in [0.2, 0.25) is 0 Å². The van der Waals surface area contributed by atoms with E-state index in [2.05, 4.69) is 0 Å². The fourth-order valence-electron chi connectivity index (χ4n) is 1.26. The molecule has 1 aromatic rings. The summed E-state index contributed by atoms with van der Waals surface area (Å²) in [6, 6.07) is 6.05. The van der Waals surface area contributed by atoms with Gasteiger partial charge in [0.05, 0.1) is 7.11 Å². The number of nitrogens with one attached hydrogen (secondary N) is 1. The zero-order chi connectivity index (χ0) is 14.7. The second-order valence-corrected chi connectivity index (χ2v) is 3.57. The lowest BCUT2D eigenvalue weighted by atomic mass is 10.2. The number of para-hydroxylation sites is 1. The zero-order valence-corrected chi connectivity index (χ0v) is 9.72. The molecule has 1 N–H and O–H groups in total. The molecule has 0 aliphatic carbocycles. The third-order valence-electron chi connectivity index (χ3n) is 2.27. The number of carbonyl (C=O) groups is 1. The molecular formula is C11H10F5NO2. The van der Waals surface area contributed by atoms with E-state index in [1.807, 2.05) is 0 Å². The molecule has 0 heterocycles. The minimum absolute atomic E-state index is 0.276. The third kappa shape index (κ3) is 3.33. The van der Waals surface area contributed by atoms with E-state index in [1.165, 1.54) is 30.6 Å². The van der Waals surface area contributed by atoms with Gasteiger partial charge in [0.1, 0.15) is 5.75 Å². The second kappa shape index (κ2) is 5.41. The minimum atomic E-state index is -5.92. The van der Waals surface area contributed by atoms with Gasteiger partial charge >= 0.3 is 18.0 Å². The van der Waals surface area contributed by atoms with Gasteiger partial charge in [-0.3, -0.25) is 4.79 Å². The van der Waals surface area contributed by atoms with E-state index in [1.54, 1.807) is 6.07 Å². The lowest BCUT2D eigenvalue weighted by molar-refractivity contribution is -0.269. The van der Waals surface area contributed by atoms with Crippen LogP contribution >= 0.6 is 0 Å². The number of methoxy groups -OCH3 is 1. The quantitative estimate of drug-likeness (QED) is 0.862. The fraction of sp³-hybridized carbons (Fsp3) is 0.364. The van der Waals surface area contributed by atoms with E-state index >= 15 is 0 Å². The molecule has 106 valence electrons. The molecule has 3 nitrogen and oxygen atoms in total. The van der Waals surface area contributed by atoms with Crippen LogP contribution < -0.4 is 10.1 Å². The van der Waals surface area contributed by atoms with Crippen LogP contribution in [0.15, 0.2) is 24.3 Å². The topological polar surface area (TPSA) is 38.3 Å². The summed E-state index contributed by atoms with van der Waals surface area (Å²) in [5.41, 5.74) is 0.288. The molecule has 0 radical (unpaired) electrons. The highest BCUT2D eigenvalue weighted by atomic mass is 19.4. The molecule has 0 atom stereocenters. The van der Waals surface area contributed by atoms with Gasteiger partial charge < -0.3 is 10.1 Å². The monoisotopic (exact) mass is 283 g/mol. The van der Waals surface area contributed by atoms with Crippen LogP contribution in [0.1, 0.15) is 5.56 Å². The Balaban J connectivity index is 2.75. The molecule has 1 aromatic carbocycles. The largest absolute Gasteiger partial charge is 0.496 e. The van der Waals surface area contributed by atoms with E-state index in [0.29, 0.717) is 0 Å². The Hall–Kier alpha value is -1.86. The number of rotatable bonds is 4. The number of hydrogen-bond donors (Lipinski definition) is 1. The Morgan fingerprint density at radius 2 is 1.79 bits per heavy atom. The number of carbonyl (C=O) groups excluding carboxylic acids is 1. The van der Waals surface area contributed by atoms with Crippen molar-refractivity contribution >= 4 is 5.91 Å². The maximum absolute atomic E-state index is 12.6. The molecule has 1 amide bonds. The van der Waals surface area contributed by atoms with Crippen molar-refractivity contribution in [1.29, 1.82) is 0 Å². The summed E-state index contributed by atoms with van der Waals surface area (Å²) >= 11 is 0. The van der Waals surface area contributed by atoms with Crippen molar-refractivity contribution in [3.8, 4) is 5.75 Å². The Morgan fingerprint density at radius 1 is 1.21 bits per heavy atom. The van der Waals surface area contributed by atoms with E-state index in [-0.39, 0.29) is 11.3 Å². The molecule has 0 aromatic heterocycles. The van der Waals surface area contributed by atoms with Gasteiger partial charge in [-0.15, -0.1) is 0 Å². The van der Waals surface area contributed by atoms with Crippen molar-refractivity contribution < 1.29 is 31.5 Å². The smallest absolute Gasteiger partial charge is 0.463 e. The molecule has 0 unspecified atom stereocenters. The van der Waals surface area contributed by atoms with Gasteiger partial charge in [0.15, 0.2) is 0 Å². The Bertz CT molecular complexity index is 459.